The van der Waals surface area contributed by atoms with Crippen molar-refractivity contribution in [3.8, 4) is 0 Å². The lowest BCUT2D eigenvalue weighted by Crippen LogP contribution is -2.00. The first kappa shape index (κ1) is 8.42. The average molecular weight is 188 g/mol. The third kappa shape index (κ3) is 1.34. The van der Waals surface area contributed by atoms with Gasteiger partial charge in [0.05, 0.1) is 0 Å². The van der Waals surface area contributed by atoms with Crippen molar-refractivity contribution < 1.29 is 4.79 Å². The van der Waals surface area contributed by atoms with Crippen LogP contribution in [0.2, 0.25) is 0 Å². The van der Waals surface area contributed by atoms with E-state index in [0.717, 1.165) is 0 Å². The van der Waals surface area contributed by atoms with Crippen molar-refractivity contribution in [1.29, 1.82) is 0 Å². The summed E-state index contributed by atoms with van der Waals surface area (Å²) >= 11 is 6.18. The first-order chi connectivity index (χ1) is 5.04. The van der Waals surface area contributed by atoms with E-state index in [1.54, 1.807) is 11.6 Å². The number of rotatable bonds is 1. The number of nitrogen functional groups attached to an aromatic ring is 1. The monoisotopic (exact) mass is 188 g/mol. The van der Waals surface area contributed by atoms with E-state index >= 15 is 0 Å². The summed E-state index contributed by atoms with van der Waals surface area (Å²) in [4.78, 5) is 11.5. The zero-order valence-corrected chi connectivity index (χ0v) is 7.88. The quantitative estimate of drug-likeness (QED) is 0.538. The number of thiazole rings is 1. The van der Waals surface area contributed by atoms with Gasteiger partial charge in [-0.2, -0.15) is 0 Å². The molecule has 0 amide bonds. The van der Waals surface area contributed by atoms with Crippen LogP contribution in [-0.2, 0) is 7.05 Å². The maximum absolute atomic E-state index is 10.9. The molecule has 0 aliphatic carbocycles. The van der Waals surface area contributed by atoms with Crippen LogP contribution in [0.4, 0.5) is 5.82 Å². The van der Waals surface area contributed by atoms with Crippen LogP contribution in [0.3, 0.4) is 0 Å². The van der Waals surface area contributed by atoms with Crippen LogP contribution in [0, 0.1) is 3.95 Å². The Balaban J connectivity index is 3.42. The zero-order chi connectivity index (χ0) is 8.59. The van der Waals surface area contributed by atoms with E-state index in [0.29, 0.717) is 14.6 Å². The summed E-state index contributed by atoms with van der Waals surface area (Å²) in [5.41, 5.74) is 5.59. The Morgan fingerprint density at radius 1 is 1.73 bits per heavy atom. The number of hydrogen-bond donors (Lipinski definition) is 1. The Hall–Kier alpha value is -0.680. The second kappa shape index (κ2) is 2.75. The molecule has 3 nitrogen and oxygen atoms in total. The fourth-order valence-electron chi connectivity index (χ4n) is 0.711. The van der Waals surface area contributed by atoms with Crippen molar-refractivity contribution in [2.45, 2.75) is 6.92 Å². The molecule has 0 aromatic carbocycles. The smallest absolute Gasteiger partial charge is 0.173 e. The number of nitrogens with two attached hydrogens (primary N) is 1. The van der Waals surface area contributed by atoms with Crippen molar-refractivity contribution in [2.24, 2.45) is 7.05 Å². The minimum atomic E-state index is -0.0285. The number of Topliss-reactive ketones (excluding diaryl/α,β-unsaturated/α-hetero) is 1. The highest BCUT2D eigenvalue weighted by Gasteiger charge is 2.10. The maximum Gasteiger partial charge on any atom is 0.173 e. The number of carbonyl (C=O) groups excluding carboxylic acids is 1. The molecule has 0 bridgehead atoms. The molecule has 1 rings (SSSR count). The molecule has 0 saturated carbocycles. The summed E-state index contributed by atoms with van der Waals surface area (Å²) in [6.45, 7) is 1.48. The molecule has 1 aromatic rings. The number of hydrogen-bond acceptors (Lipinski definition) is 4. The minimum Gasteiger partial charge on any atom is -0.384 e. The fourth-order valence-corrected chi connectivity index (χ4v) is 1.85. The Bertz CT molecular complexity index is 350. The molecule has 5 heteroatoms. The summed E-state index contributed by atoms with van der Waals surface area (Å²) in [6.07, 6.45) is 0. The fraction of sp³-hybridized carbons (Fsp3) is 0.333. The minimum absolute atomic E-state index is 0.0285. The van der Waals surface area contributed by atoms with Gasteiger partial charge in [0, 0.05) is 14.0 Å². The number of anilines is 1. The lowest BCUT2D eigenvalue weighted by molar-refractivity contribution is 0.102. The van der Waals surface area contributed by atoms with Crippen LogP contribution in [0.5, 0.6) is 0 Å². The summed E-state index contributed by atoms with van der Waals surface area (Å²) in [5, 5.41) is 0. The van der Waals surface area contributed by atoms with E-state index in [9.17, 15) is 4.79 Å². The average Bonchev–Trinajstić information content (AvgIpc) is 2.17. The van der Waals surface area contributed by atoms with E-state index in [1.165, 1.54) is 18.3 Å². The highest BCUT2D eigenvalue weighted by atomic mass is 32.1. The third-order valence-electron chi connectivity index (χ3n) is 1.38. The van der Waals surface area contributed by atoms with E-state index in [-0.39, 0.29) is 5.78 Å². The highest BCUT2D eigenvalue weighted by Crippen LogP contribution is 2.20. The van der Waals surface area contributed by atoms with Gasteiger partial charge < -0.3 is 10.3 Å². The molecule has 1 heterocycles. The van der Waals surface area contributed by atoms with Gasteiger partial charge in [-0.05, 0) is 12.2 Å². The van der Waals surface area contributed by atoms with Gasteiger partial charge >= 0.3 is 0 Å². The molecule has 0 radical (unpaired) electrons. The molecule has 60 valence electrons. The van der Waals surface area contributed by atoms with Crippen molar-refractivity contribution in [1.82, 2.24) is 4.57 Å². The Morgan fingerprint density at radius 3 is 2.45 bits per heavy atom. The van der Waals surface area contributed by atoms with E-state index in [4.69, 9.17) is 18.0 Å². The number of nitrogens with zero attached hydrogens (tertiary/aromatic N) is 1. The van der Waals surface area contributed by atoms with E-state index < -0.39 is 0 Å². The summed E-state index contributed by atoms with van der Waals surface area (Å²) in [5.74, 6) is 0.437. The molecule has 0 unspecified atom stereocenters. The second-order valence-electron chi connectivity index (χ2n) is 2.20. The molecule has 0 aliphatic rings. The Kier molecular flexibility index (Phi) is 2.10. The number of aromatic nitrogens is 1. The maximum atomic E-state index is 10.9. The van der Waals surface area contributed by atoms with Crippen LogP contribution < -0.4 is 5.73 Å². The first-order valence-electron chi connectivity index (χ1n) is 3.00. The molecule has 0 aliphatic heterocycles. The molecular formula is C6H8N2OS2. The lowest BCUT2D eigenvalue weighted by atomic mass is 10.4. The molecule has 0 atom stereocenters. The Morgan fingerprint density at radius 2 is 2.27 bits per heavy atom. The molecule has 0 fully saturated rings. The third-order valence-corrected chi connectivity index (χ3v) is 3.05. The van der Waals surface area contributed by atoms with Gasteiger partial charge in [0.15, 0.2) is 9.74 Å². The van der Waals surface area contributed by atoms with Crippen LogP contribution in [-0.4, -0.2) is 10.4 Å². The van der Waals surface area contributed by atoms with Gasteiger partial charge in [-0.25, -0.2) is 0 Å². The summed E-state index contributed by atoms with van der Waals surface area (Å²) < 4.78 is 2.27. The number of carbonyl (C=O) groups is 1. The lowest BCUT2D eigenvalue weighted by Gasteiger charge is -1.94. The van der Waals surface area contributed by atoms with Crippen molar-refractivity contribution in [3.05, 3.63) is 8.83 Å². The predicted octanol–water partition coefficient (Wildman–Crippen LogP) is 1.60. The SMILES string of the molecule is CC(=O)c1sc(=S)n(C)c1N. The topological polar surface area (TPSA) is 48.0 Å². The van der Waals surface area contributed by atoms with Crippen LogP contribution in [0.1, 0.15) is 16.6 Å². The molecule has 2 N–H and O–H groups in total. The van der Waals surface area contributed by atoms with Crippen molar-refractivity contribution >= 4 is 35.2 Å². The van der Waals surface area contributed by atoms with Gasteiger partial charge in [-0.3, -0.25) is 4.79 Å². The van der Waals surface area contributed by atoms with E-state index in [2.05, 4.69) is 0 Å². The first-order valence-corrected chi connectivity index (χ1v) is 4.22. The van der Waals surface area contributed by atoms with Gasteiger partial charge in [0.25, 0.3) is 0 Å². The largest absolute Gasteiger partial charge is 0.384 e. The van der Waals surface area contributed by atoms with Gasteiger partial charge in [-0.1, -0.05) is 11.3 Å². The van der Waals surface area contributed by atoms with Crippen LogP contribution >= 0.6 is 23.6 Å². The highest BCUT2D eigenvalue weighted by molar-refractivity contribution is 7.73. The second-order valence-corrected chi connectivity index (χ2v) is 3.84. The molecule has 1 aromatic heterocycles. The van der Waals surface area contributed by atoms with Crippen LogP contribution in [0.15, 0.2) is 0 Å². The summed E-state index contributed by atoms with van der Waals surface area (Å²) in [6, 6.07) is 0. The standard InChI is InChI=1S/C6H8N2OS2/c1-3(9)4-5(7)8(2)6(10)11-4/h7H2,1-2H3. The van der Waals surface area contributed by atoms with Crippen molar-refractivity contribution in [2.75, 3.05) is 5.73 Å². The van der Waals surface area contributed by atoms with Crippen LogP contribution in [0.25, 0.3) is 0 Å². The molecule has 0 spiro atoms. The molecule has 11 heavy (non-hydrogen) atoms. The molecular weight excluding hydrogens is 180 g/mol. The number of ketones is 1. The van der Waals surface area contributed by atoms with Gasteiger partial charge in [0.2, 0.25) is 0 Å². The van der Waals surface area contributed by atoms with Gasteiger partial charge in [-0.15, -0.1) is 0 Å². The predicted molar refractivity (Wildman–Crippen MR) is 48.5 cm³/mol. The Labute approximate surface area is 73.5 Å². The molecule has 0 saturated heterocycles. The van der Waals surface area contributed by atoms with Crippen molar-refractivity contribution in [3.63, 3.8) is 0 Å². The van der Waals surface area contributed by atoms with E-state index in [1.807, 2.05) is 0 Å². The normalized spacial score (nSPS) is 10.0. The summed E-state index contributed by atoms with van der Waals surface area (Å²) in [7, 11) is 1.75. The zero-order valence-electron chi connectivity index (χ0n) is 6.25. The van der Waals surface area contributed by atoms with Gasteiger partial charge in [0.1, 0.15) is 10.7 Å².